The minimum Gasteiger partial charge on any atom is -0.497 e. The minimum absolute atomic E-state index is 0.0564. The quantitative estimate of drug-likeness (QED) is 0.754. The second-order valence-corrected chi connectivity index (χ2v) is 8.51. The zero-order valence-electron chi connectivity index (χ0n) is 16.0. The van der Waals surface area contributed by atoms with Crippen LogP contribution in [-0.2, 0) is 26.2 Å². The molecule has 12 heteroatoms. The van der Waals surface area contributed by atoms with E-state index in [2.05, 4.69) is 0 Å². The van der Waals surface area contributed by atoms with Crippen molar-refractivity contribution in [1.29, 1.82) is 0 Å². The molecule has 31 heavy (non-hydrogen) atoms. The number of methoxy groups -OCH3 is 1. The zero-order valence-corrected chi connectivity index (χ0v) is 16.9. The molecule has 0 radical (unpaired) electrons. The molecule has 3 rings (SSSR count). The molecule has 1 unspecified atom stereocenters. The Kier molecular flexibility index (Phi) is 5.96. The Morgan fingerprint density at radius 3 is 2.26 bits per heavy atom. The molecule has 166 valence electrons. The van der Waals surface area contributed by atoms with E-state index in [1.807, 2.05) is 0 Å². The minimum atomic E-state index is -5.28. The number of ether oxygens (including phenoxy) is 1. The van der Waals surface area contributed by atoms with Gasteiger partial charge in [-0.15, -0.1) is 0 Å². The SMILES string of the molecule is COc1ccc(S(=O)(=O)N2Cc3ccccc3N(C(=O)C(F)(F)F)CC2C(=O)O)cc1. The molecule has 1 aliphatic heterocycles. The largest absolute Gasteiger partial charge is 0.497 e. The van der Waals surface area contributed by atoms with Crippen LogP contribution >= 0.6 is 0 Å². The normalized spacial score (nSPS) is 17.5. The lowest BCUT2D eigenvalue weighted by molar-refractivity contribution is -0.170. The van der Waals surface area contributed by atoms with Crippen molar-refractivity contribution in [2.75, 3.05) is 18.6 Å². The lowest BCUT2D eigenvalue weighted by Gasteiger charge is -2.28. The van der Waals surface area contributed by atoms with Crippen molar-refractivity contribution in [2.24, 2.45) is 0 Å². The number of benzene rings is 2. The summed E-state index contributed by atoms with van der Waals surface area (Å²) in [5.41, 5.74) is -0.149. The number of sulfonamides is 1. The number of carbonyl (C=O) groups excluding carboxylic acids is 1. The molecular weight excluding hydrogens is 441 g/mol. The van der Waals surface area contributed by atoms with Gasteiger partial charge in [-0.05, 0) is 35.9 Å². The van der Waals surface area contributed by atoms with E-state index in [1.54, 1.807) is 0 Å². The molecule has 2 aromatic rings. The highest BCUT2D eigenvalue weighted by molar-refractivity contribution is 7.89. The van der Waals surface area contributed by atoms with E-state index in [9.17, 15) is 36.3 Å². The summed E-state index contributed by atoms with van der Waals surface area (Å²) < 4.78 is 71.5. The van der Waals surface area contributed by atoms with E-state index in [4.69, 9.17) is 4.74 Å². The van der Waals surface area contributed by atoms with Crippen molar-refractivity contribution in [3.05, 3.63) is 54.1 Å². The number of hydrogen-bond donors (Lipinski definition) is 1. The number of para-hydroxylation sites is 1. The van der Waals surface area contributed by atoms with Crippen LogP contribution in [0.3, 0.4) is 0 Å². The summed E-state index contributed by atoms with van der Waals surface area (Å²) in [5, 5.41) is 9.66. The number of rotatable bonds is 4. The Morgan fingerprint density at radius 2 is 1.71 bits per heavy atom. The van der Waals surface area contributed by atoms with Gasteiger partial charge in [-0.1, -0.05) is 18.2 Å². The molecule has 0 spiro atoms. The van der Waals surface area contributed by atoms with Crippen molar-refractivity contribution < 1.29 is 41.0 Å². The first kappa shape index (κ1) is 22.6. The van der Waals surface area contributed by atoms with Crippen LogP contribution in [0.15, 0.2) is 53.4 Å². The Hall–Kier alpha value is -3.12. The van der Waals surface area contributed by atoms with Crippen LogP contribution < -0.4 is 9.64 Å². The van der Waals surface area contributed by atoms with Crippen LogP contribution in [0.1, 0.15) is 5.56 Å². The van der Waals surface area contributed by atoms with Gasteiger partial charge in [0.05, 0.1) is 18.6 Å². The summed E-state index contributed by atoms with van der Waals surface area (Å²) in [6.45, 7) is -1.55. The van der Waals surface area contributed by atoms with Crippen molar-refractivity contribution in [3.63, 3.8) is 0 Å². The van der Waals surface area contributed by atoms with E-state index in [1.165, 1.54) is 55.6 Å². The Morgan fingerprint density at radius 1 is 1.10 bits per heavy atom. The summed E-state index contributed by atoms with van der Waals surface area (Å²) in [6.07, 6.45) is -5.28. The predicted octanol–water partition coefficient (Wildman–Crippen LogP) is 2.25. The number of alkyl halides is 3. The van der Waals surface area contributed by atoms with Gasteiger partial charge < -0.3 is 14.7 Å². The van der Waals surface area contributed by atoms with Gasteiger partial charge >= 0.3 is 18.1 Å². The van der Waals surface area contributed by atoms with Crippen molar-refractivity contribution in [3.8, 4) is 5.75 Å². The van der Waals surface area contributed by atoms with Crippen LogP contribution in [-0.4, -0.2) is 55.6 Å². The fraction of sp³-hybridized carbons (Fsp3) is 0.263. The van der Waals surface area contributed by atoms with E-state index >= 15 is 0 Å². The van der Waals surface area contributed by atoms with Gasteiger partial charge in [0.25, 0.3) is 0 Å². The first-order chi connectivity index (χ1) is 14.5. The van der Waals surface area contributed by atoms with Crippen molar-refractivity contribution in [1.82, 2.24) is 4.31 Å². The summed E-state index contributed by atoms with van der Waals surface area (Å²) >= 11 is 0. The van der Waals surface area contributed by atoms with E-state index < -0.39 is 47.2 Å². The summed E-state index contributed by atoms with van der Waals surface area (Å²) in [5.74, 6) is -3.61. The van der Waals surface area contributed by atoms with E-state index in [0.29, 0.717) is 10.1 Å². The van der Waals surface area contributed by atoms with Crippen LogP contribution in [0, 0.1) is 0 Å². The maximum absolute atomic E-state index is 13.2. The van der Waals surface area contributed by atoms with E-state index in [0.717, 1.165) is 0 Å². The number of carboxylic acid groups (broad SMARTS) is 1. The number of carbonyl (C=O) groups is 2. The van der Waals surface area contributed by atoms with Crippen molar-refractivity contribution >= 4 is 27.6 Å². The highest BCUT2D eigenvalue weighted by atomic mass is 32.2. The lowest BCUT2D eigenvalue weighted by Crippen LogP contribution is -2.52. The molecule has 0 saturated heterocycles. The number of hydrogen-bond acceptors (Lipinski definition) is 5. The highest BCUT2D eigenvalue weighted by Crippen LogP contribution is 2.34. The summed E-state index contributed by atoms with van der Waals surface area (Å²) in [7, 11) is -3.08. The van der Waals surface area contributed by atoms with Gasteiger partial charge in [-0.3, -0.25) is 9.59 Å². The van der Waals surface area contributed by atoms with Crippen molar-refractivity contribution in [2.45, 2.75) is 23.7 Å². The standard InChI is InChI=1S/C19H17F3N2O6S/c1-30-13-6-8-14(9-7-13)31(28,29)24-10-12-4-2-3-5-15(12)23(11-16(24)17(25)26)18(27)19(20,21)22/h2-9,16H,10-11H2,1H3,(H,25,26). The molecule has 1 aliphatic rings. The van der Waals surface area contributed by atoms with Crippen LogP contribution in [0.4, 0.5) is 18.9 Å². The van der Waals surface area contributed by atoms with Crippen LogP contribution in [0.5, 0.6) is 5.75 Å². The molecule has 0 saturated carbocycles. The second-order valence-electron chi connectivity index (χ2n) is 6.62. The Labute approximate surface area is 175 Å². The molecule has 2 aromatic carbocycles. The van der Waals surface area contributed by atoms with Gasteiger partial charge in [0.2, 0.25) is 10.0 Å². The predicted molar refractivity (Wildman–Crippen MR) is 102 cm³/mol. The number of aliphatic carboxylic acids is 1. The molecule has 1 N–H and O–H groups in total. The Bertz CT molecular complexity index is 1100. The fourth-order valence-corrected chi connectivity index (χ4v) is 4.78. The first-order valence-corrected chi connectivity index (χ1v) is 10.3. The number of nitrogens with zero attached hydrogens (tertiary/aromatic N) is 2. The summed E-state index contributed by atoms with van der Waals surface area (Å²) in [4.78, 5) is 23.9. The maximum Gasteiger partial charge on any atom is 0.471 e. The molecule has 0 aliphatic carbocycles. The number of anilines is 1. The zero-order chi connectivity index (χ0) is 23.0. The topological polar surface area (TPSA) is 104 Å². The number of halogens is 3. The monoisotopic (exact) mass is 458 g/mol. The van der Waals surface area contributed by atoms with Gasteiger partial charge in [0.1, 0.15) is 11.8 Å². The smallest absolute Gasteiger partial charge is 0.471 e. The second kappa shape index (κ2) is 8.19. The highest BCUT2D eigenvalue weighted by Gasteiger charge is 2.48. The van der Waals surface area contributed by atoms with E-state index in [-0.39, 0.29) is 21.0 Å². The molecule has 0 bridgehead atoms. The lowest BCUT2D eigenvalue weighted by atomic mass is 10.1. The number of amides is 1. The molecule has 1 amide bonds. The van der Waals surface area contributed by atoms with Gasteiger partial charge in [0.15, 0.2) is 0 Å². The average Bonchev–Trinajstić information content (AvgIpc) is 2.90. The third kappa shape index (κ3) is 4.35. The third-order valence-corrected chi connectivity index (χ3v) is 6.62. The van der Waals surface area contributed by atoms with Crippen LogP contribution in [0.2, 0.25) is 0 Å². The third-order valence-electron chi connectivity index (χ3n) is 4.75. The van der Waals surface area contributed by atoms with Gasteiger partial charge in [-0.2, -0.15) is 17.5 Å². The van der Waals surface area contributed by atoms with Gasteiger partial charge in [-0.25, -0.2) is 8.42 Å². The maximum atomic E-state index is 13.2. The van der Waals surface area contributed by atoms with Crippen LogP contribution in [0.25, 0.3) is 0 Å². The molecule has 0 fully saturated rings. The average molecular weight is 458 g/mol. The first-order valence-electron chi connectivity index (χ1n) is 8.82. The Balaban J connectivity index is 2.13. The molecule has 1 heterocycles. The van der Waals surface area contributed by atoms with Gasteiger partial charge in [0, 0.05) is 12.2 Å². The fourth-order valence-electron chi connectivity index (χ4n) is 3.23. The number of carboxylic acids is 1. The molecular formula is C19H17F3N2O6S. The number of fused-ring (bicyclic) bond motifs is 1. The summed E-state index contributed by atoms with van der Waals surface area (Å²) in [6, 6.07) is 8.53. The molecule has 0 aromatic heterocycles. The molecule has 8 nitrogen and oxygen atoms in total. The molecule has 1 atom stereocenters.